The summed E-state index contributed by atoms with van der Waals surface area (Å²) < 4.78 is 1.50. The first-order valence-corrected chi connectivity index (χ1v) is 13.1. The van der Waals surface area contributed by atoms with Crippen molar-refractivity contribution < 1.29 is 10.2 Å². The van der Waals surface area contributed by atoms with Crippen LogP contribution < -0.4 is 0 Å². The number of phenolic OH excluding ortho intramolecular Hbond substituents is 2. The van der Waals surface area contributed by atoms with Crippen molar-refractivity contribution in [3.63, 3.8) is 0 Å². The Morgan fingerprint density at radius 2 is 1.03 bits per heavy atom. The van der Waals surface area contributed by atoms with Gasteiger partial charge < -0.3 is 10.2 Å². The van der Waals surface area contributed by atoms with Crippen LogP contribution in [0.25, 0.3) is 34.9 Å². The molecule has 0 saturated carbocycles. The molecule has 0 aliphatic heterocycles. The van der Waals surface area contributed by atoms with Crippen LogP contribution in [0.5, 0.6) is 11.5 Å². The van der Waals surface area contributed by atoms with Crippen LogP contribution in [0.1, 0.15) is 11.1 Å². The van der Waals surface area contributed by atoms with Crippen molar-refractivity contribution in [2.45, 2.75) is 0 Å². The molecule has 36 heavy (non-hydrogen) atoms. The topological polar surface area (TPSA) is 79.1 Å². The van der Waals surface area contributed by atoms with E-state index in [0.29, 0.717) is 0 Å². The highest BCUT2D eigenvalue weighted by molar-refractivity contribution is 14.1. The van der Waals surface area contributed by atoms with Gasteiger partial charge in [0.15, 0.2) is 0 Å². The number of halogens is 2. The van der Waals surface area contributed by atoms with Gasteiger partial charge in [-0.05, 0) is 98.8 Å². The maximum absolute atomic E-state index is 9.05. The Morgan fingerprint density at radius 3 is 1.50 bits per heavy atom. The van der Waals surface area contributed by atoms with Gasteiger partial charge in [-0.2, -0.15) is 0 Å². The third kappa shape index (κ3) is 7.11. The zero-order valence-corrected chi connectivity index (χ0v) is 23.3. The van der Waals surface area contributed by atoms with Crippen LogP contribution in [0.4, 0.5) is 0 Å². The van der Waals surface area contributed by atoms with Crippen molar-refractivity contribution in [2.24, 2.45) is 0 Å². The van der Waals surface area contributed by atoms with E-state index in [1.807, 2.05) is 112 Å². The van der Waals surface area contributed by atoms with E-state index in [2.05, 4.69) is 34.3 Å². The minimum atomic E-state index is 0.124. The van der Waals surface area contributed by atoms with Gasteiger partial charge in [-0.1, -0.05) is 54.6 Å². The Labute approximate surface area is 236 Å². The van der Waals surface area contributed by atoms with Gasteiger partial charge in [0.1, 0.15) is 11.5 Å². The van der Waals surface area contributed by atoms with E-state index in [1.165, 1.54) is 6.07 Å². The standard InChI is InChI=1S/C23H17N3.C6H4I2O2/c1-2-8-18(9-3-1)12-13-19-16-22(20-10-4-6-14-24-20)26-23(17-19)21-11-5-7-15-25-21;7-3-1-4(8)6(10)2-5(3)9/h1-17H;1-2,9-10H/b13-12+;. The second kappa shape index (κ2) is 12.6. The molecule has 0 saturated heterocycles. The molecule has 2 N–H and O–H groups in total. The Bertz CT molecular complexity index is 1350. The van der Waals surface area contributed by atoms with Gasteiger partial charge in [-0.3, -0.25) is 9.97 Å². The number of rotatable bonds is 4. The summed E-state index contributed by atoms with van der Waals surface area (Å²) >= 11 is 4.00. The summed E-state index contributed by atoms with van der Waals surface area (Å²) in [5.74, 6) is 0.247. The average molecular weight is 697 g/mol. The molecule has 3 aromatic heterocycles. The second-order valence-corrected chi connectivity index (χ2v) is 9.92. The van der Waals surface area contributed by atoms with Crippen LogP contribution in [0, 0.1) is 7.14 Å². The predicted octanol–water partition coefficient (Wildman–Crippen LogP) is 7.68. The first-order valence-electron chi connectivity index (χ1n) is 10.9. The first kappa shape index (κ1) is 25.8. The van der Waals surface area contributed by atoms with Gasteiger partial charge in [-0.25, -0.2) is 4.98 Å². The fraction of sp³-hybridized carbons (Fsp3) is 0. The van der Waals surface area contributed by atoms with Crippen molar-refractivity contribution in [2.75, 3.05) is 0 Å². The highest BCUT2D eigenvalue weighted by Crippen LogP contribution is 2.29. The predicted molar refractivity (Wildman–Crippen MR) is 161 cm³/mol. The van der Waals surface area contributed by atoms with Gasteiger partial charge >= 0.3 is 0 Å². The summed E-state index contributed by atoms with van der Waals surface area (Å²) in [4.78, 5) is 13.6. The number of benzene rings is 2. The number of pyridine rings is 3. The van der Waals surface area contributed by atoms with Gasteiger partial charge in [0.2, 0.25) is 0 Å². The lowest BCUT2D eigenvalue weighted by atomic mass is 10.1. The number of phenols is 2. The van der Waals surface area contributed by atoms with Crippen molar-refractivity contribution >= 4 is 57.3 Å². The fourth-order valence-electron chi connectivity index (χ4n) is 3.22. The molecule has 0 bridgehead atoms. The van der Waals surface area contributed by atoms with Gasteiger partial charge in [0, 0.05) is 18.5 Å². The lowest BCUT2D eigenvalue weighted by Crippen LogP contribution is -1.93. The Balaban J connectivity index is 0.000000256. The lowest BCUT2D eigenvalue weighted by Gasteiger charge is -2.06. The number of nitrogens with zero attached hydrogens (tertiary/aromatic N) is 3. The third-order valence-corrected chi connectivity index (χ3v) is 6.71. The molecule has 5 rings (SSSR count). The number of aromatic hydroxyl groups is 2. The maximum atomic E-state index is 9.05. The molecule has 0 radical (unpaired) electrons. The molecular weight excluding hydrogens is 676 g/mol. The molecule has 0 atom stereocenters. The van der Waals surface area contributed by atoms with Gasteiger partial charge in [0.25, 0.3) is 0 Å². The summed E-state index contributed by atoms with van der Waals surface area (Å²) in [5, 5.41) is 18.1. The molecule has 178 valence electrons. The summed E-state index contributed by atoms with van der Waals surface area (Å²) in [6.45, 7) is 0. The molecule has 0 fully saturated rings. The minimum Gasteiger partial charge on any atom is -0.507 e. The molecule has 2 aromatic carbocycles. The number of hydrogen-bond donors (Lipinski definition) is 2. The van der Waals surface area contributed by atoms with Crippen molar-refractivity contribution in [1.29, 1.82) is 0 Å². The van der Waals surface area contributed by atoms with E-state index in [0.717, 1.165) is 41.0 Å². The normalized spacial score (nSPS) is 10.6. The fourth-order valence-corrected chi connectivity index (χ4v) is 4.75. The van der Waals surface area contributed by atoms with Crippen LogP contribution in [0.3, 0.4) is 0 Å². The summed E-state index contributed by atoms with van der Waals surface area (Å²) in [6.07, 6.45) is 7.75. The lowest BCUT2D eigenvalue weighted by molar-refractivity contribution is 0.445. The van der Waals surface area contributed by atoms with E-state index in [-0.39, 0.29) is 11.5 Å². The van der Waals surface area contributed by atoms with Crippen molar-refractivity contribution in [3.05, 3.63) is 122 Å². The third-order valence-electron chi connectivity index (χ3n) is 4.99. The monoisotopic (exact) mass is 697 g/mol. The smallest absolute Gasteiger partial charge is 0.132 e. The van der Waals surface area contributed by atoms with E-state index in [4.69, 9.17) is 15.2 Å². The molecule has 7 heteroatoms. The Kier molecular flexibility index (Phi) is 9.01. The zero-order valence-electron chi connectivity index (χ0n) is 19.0. The van der Waals surface area contributed by atoms with Crippen LogP contribution in [0.15, 0.2) is 103 Å². The molecule has 3 heterocycles. The molecule has 5 aromatic rings. The van der Waals surface area contributed by atoms with Gasteiger partial charge in [-0.15, -0.1) is 0 Å². The SMILES string of the molecule is C(=C\c1cc(-c2ccccn2)nc(-c2ccccn2)c1)/c1ccccc1.Oc1cc(O)c(I)cc1I. The van der Waals surface area contributed by atoms with Crippen LogP contribution in [0.2, 0.25) is 0 Å². The Hall–Kier alpha value is -3.31. The quantitative estimate of drug-likeness (QED) is 0.189. The minimum absolute atomic E-state index is 0.124. The van der Waals surface area contributed by atoms with E-state index >= 15 is 0 Å². The summed E-state index contributed by atoms with van der Waals surface area (Å²) in [6, 6.07) is 29.1. The Morgan fingerprint density at radius 1 is 0.528 bits per heavy atom. The van der Waals surface area contributed by atoms with Crippen LogP contribution in [-0.2, 0) is 0 Å². The van der Waals surface area contributed by atoms with E-state index in [9.17, 15) is 0 Å². The molecule has 5 nitrogen and oxygen atoms in total. The second-order valence-electron chi connectivity index (χ2n) is 7.60. The first-order chi connectivity index (χ1) is 17.5. The summed E-state index contributed by atoms with van der Waals surface area (Å²) in [7, 11) is 0. The van der Waals surface area contributed by atoms with E-state index in [1.54, 1.807) is 18.5 Å². The average Bonchev–Trinajstić information content (AvgIpc) is 2.93. The maximum Gasteiger partial charge on any atom is 0.132 e. The molecule has 0 amide bonds. The van der Waals surface area contributed by atoms with E-state index < -0.39 is 0 Å². The molecule has 0 aliphatic carbocycles. The van der Waals surface area contributed by atoms with Crippen LogP contribution in [-0.4, -0.2) is 25.2 Å². The number of hydrogen-bond acceptors (Lipinski definition) is 5. The highest BCUT2D eigenvalue weighted by Gasteiger charge is 2.07. The highest BCUT2D eigenvalue weighted by atomic mass is 127. The van der Waals surface area contributed by atoms with Crippen molar-refractivity contribution in [3.8, 4) is 34.3 Å². The molecular formula is C29H21I2N3O2. The van der Waals surface area contributed by atoms with Crippen LogP contribution >= 0.6 is 45.2 Å². The number of aromatic nitrogens is 3. The molecule has 0 aliphatic rings. The molecule has 0 unspecified atom stereocenters. The van der Waals surface area contributed by atoms with Gasteiger partial charge in [0.05, 0.1) is 29.9 Å². The molecule has 0 spiro atoms. The van der Waals surface area contributed by atoms with Crippen molar-refractivity contribution in [1.82, 2.24) is 15.0 Å². The zero-order chi connectivity index (χ0) is 25.3. The largest absolute Gasteiger partial charge is 0.507 e. The summed E-state index contributed by atoms with van der Waals surface area (Å²) in [5.41, 5.74) is 5.58.